The molecule has 0 spiro atoms. The van der Waals surface area contributed by atoms with Crippen molar-refractivity contribution in [3.05, 3.63) is 33.6 Å². The minimum absolute atomic E-state index is 0.0869. The van der Waals surface area contributed by atoms with E-state index in [-0.39, 0.29) is 11.6 Å². The second kappa shape index (κ2) is 3.17. The fraction of sp³-hybridized carbons (Fsp3) is 0.300. The molecule has 0 saturated heterocycles. The molecule has 0 aliphatic heterocycles. The van der Waals surface area contributed by atoms with Gasteiger partial charge in [-0.2, -0.15) is 0 Å². The second-order valence-electron chi connectivity index (χ2n) is 3.54. The molecule has 0 radical (unpaired) electrons. The number of aromatic nitrogens is 2. The van der Waals surface area contributed by atoms with Gasteiger partial charge in [0.25, 0.3) is 5.56 Å². The minimum atomic E-state index is -0.0869. The van der Waals surface area contributed by atoms with E-state index in [2.05, 4.69) is 5.10 Å². The lowest BCUT2D eigenvalue weighted by Crippen LogP contribution is -2.07. The van der Waals surface area contributed by atoms with Gasteiger partial charge in [0.1, 0.15) is 0 Å². The highest BCUT2D eigenvalue weighted by Gasteiger charge is 2.10. The Morgan fingerprint density at radius 1 is 1.43 bits per heavy atom. The summed E-state index contributed by atoms with van der Waals surface area (Å²) in [7, 11) is 0. The first-order valence-electron chi connectivity index (χ1n) is 4.50. The standard InChI is InChI=1S/C10H11ClN2O/c1-6(2)13-9-7(10(14)12-13)4-3-5-8(9)11/h3-6H,1-2H3,(H,12,14). The Bertz CT molecular complexity index is 524. The van der Waals surface area contributed by atoms with Gasteiger partial charge in [0, 0.05) is 6.04 Å². The van der Waals surface area contributed by atoms with E-state index in [1.165, 1.54) is 0 Å². The van der Waals surface area contributed by atoms with Crippen LogP contribution in [0, 0.1) is 0 Å². The number of nitrogens with one attached hydrogen (secondary N) is 1. The van der Waals surface area contributed by atoms with E-state index >= 15 is 0 Å². The molecular formula is C10H11ClN2O. The van der Waals surface area contributed by atoms with Crippen molar-refractivity contribution >= 4 is 22.5 Å². The molecule has 0 amide bonds. The van der Waals surface area contributed by atoms with Gasteiger partial charge in [-0.3, -0.25) is 14.6 Å². The van der Waals surface area contributed by atoms with E-state index in [0.29, 0.717) is 10.4 Å². The summed E-state index contributed by atoms with van der Waals surface area (Å²) in [6, 6.07) is 5.54. The van der Waals surface area contributed by atoms with Crippen LogP contribution in [0.25, 0.3) is 10.9 Å². The van der Waals surface area contributed by atoms with Gasteiger partial charge in [0.15, 0.2) is 0 Å². The highest BCUT2D eigenvalue weighted by Crippen LogP contribution is 2.22. The Morgan fingerprint density at radius 2 is 2.14 bits per heavy atom. The van der Waals surface area contributed by atoms with E-state index < -0.39 is 0 Å². The molecule has 0 atom stereocenters. The van der Waals surface area contributed by atoms with Gasteiger partial charge in [0.05, 0.1) is 15.9 Å². The first kappa shape index (κ1) is 9.34. The predicted molar refractivity (Wildman–Crippen MR) is 58.0 cm³/mol. The molecule has 14 heavy (non-hydrogen) atoms. The lowest BCUT2D eigenvalue weighted by Gasteiger charge is -2.08. The van der Waals surface area contributed by atoms with Gasteiger partial charge in [-0.05, 0) is 26.0 Å². The van der Waals surface area contributed by atoms with Crippen LogP contribution in [-0.4, -0.2) is 9.78 Å². The predicted octanol–water partition coefficient (Wildman–Crippen LogP) is 2.56. The average molecular weight is 211 g/mol. The molecule has 2 rings (SSSR count). The van der Waals surface area contributed by atoms with Crippen molar-refractivity contribution in [3.63, 3.8) is 0 Å². The number of para-hydroxylation sites is 1. The number of H-pyrrole nitrogens is 1. The van der Waals surface area contributed by atoms with E-state index in [1.807, 2.05) is 13.8 Å². The molecule has 1 heterocycles. The molecule has 0 unspecified atom stereocenters. The van der Waals surface area contributed by atoms with E-state index in [0.717, 1.165) is 5.52 Å². The number of benzene rings is 1. The number of fused-ring (bicyclic) bond motifs is 1. The van der Waals surface area contributed by atoms with Crippen LogP contribution in [0.1, 0.15) is 19.9 Å². The summed E-state index contributed by atoms with van der Waals surface area (Å²) in [6.45, 7) is 4.00. The Labute approximate surface area is 86.3 Å². The van der Waals surface area contributed by atoms with Gasteiger partial charge < -0.3 is 0 Å². The van der Waals surface area contributed by atoms with Crippen molar-refractivity contribution < 1.29 is 0 Å². The smallest absolute Gasteiger partial charge is 0.272 e. The van der Waals surface area contributed by atoms with Crippen molar-refractivity contribution in [3.8, 4) is 0 Å². The fourth-order valence-electron chi connectivity index (χ4n) is 1.56. The third-order valence-electron chi connectivity index (χ3n) is 2.21. The molecule has 2 aromatic rings. The summed E-state index contributed by atoms with van der Waals surface area (Å²) in [5.74, 6) is 0. The fourth-order valence-corrected chi connectivity index (χ4v) is 1.82. The maximum atomic E-state index is 11.5. The summed E-state index contributed by atoms with van der Waals surface area (Å²) in [5.41, 5.74) is 0.699. The monoisotopic (exact) mass is 210 g/mol. The minimum Gasteiger partial charge on any atom is -0.280 e. The average Bonchev–Trinajstić information content (AvgIpc) is 2.46. The zero-order valence-corrected chi connectivity index (χ0v) is 8.80. The number of hydrogen-bond acceptors (Lipinski definition) is 1. The summed E-state index contributed by atoms with van der Waals surface area (Å²) in [4.78, 5) is 11.5. The van der Waals surface area contributed by atoms with Crippen LogP contribution < -0.4 is 5.56 Å². The maximum absolute atomic E-state index is 11.5. The molecule has 74 valence electrons. The molecule has 3 nitrogen and oxygen atoms in total. The highest BCUT2D eigenvalue weighted by molar-refractivity contribution is 6.35. The molecule has 1 aromatic carbocycles. The first-order valence-corrected chi connectivity index (χ1v) is 4.88. The SMILES string of the molecule is CC(C)n1[nH]c(=O)c2cccc(Cl)c21. The van der Waals surface area contributed by atoms with Crippen molar-refractivity contribution in [2.24, 2.45) is 0 Å². The van der Waals surface area contributed by atoms with Gasteiger partial charge in [-0.1, -0.05) is 17.7 Å². The first-order chi connectivity index (χ1) is 6.61. The van der Waals surface area contributed by atoms with Gasteiger partial charge in [-0.25, -0.2) is 0 Å². The Morgan fingerprint density at radius 3 is 2.79 bits per heavy atom. The molecule has 0 saturated carbocycles. The lowest BCUT2D eigenvalue weighted by atomic mass is 10.2. The quantitative estimate of drug-likeness (QED) is 0.772. The summed E-state index contributed by atoms with van der Waals surface area (Å²) < 4.78 is 1.79. The molecule has 0 aliphatic carbocycles. The number of nitrogens with zero attached hydrogens (tertiary/aromatic N) is 1. The third-order valence-corrected chi connectivity index (χ3v) is 2.52. The summed E-state index contributed by atoms with van der Waals surface area (Å²) >= 11 is 6.04. The van der Waals surface area contributed by atoms with Crippen LogP contribution in [0.4, 0.5) is 0 Å². The zero-order valence-electron chi connectivity index (χ0n) is 8.04. The van der Waals surface area contributed by atoms with Crippen molar-refractivity contribution in [2.45, 2.75) is 19.9 Å². The highest BCUT2D eigenvalue weighted by atomic mass is 35.5. The molecule has 0 fully saturated rings. The van der Waals surface area contributed by atoms with E-state index in [9.17, 15) is 4.79 Å². The summed E-state index contributed by atoms with van der Waals surface area (Å²) in [6.07, 6.45) is 0. The summed E-state index contributed by atoms with van der Waals surface area (Å²) in [5, 5.41) is 4.02. The number of hydrogen-bond donors (Lipinski definition) is 1. The number of rotatable bonds is 1. The Hall–Kier alpha value is -1.22. The lowest BCUT2D eigenvalue weighted by molar-refractivity contribution is 0.546. The normalized spacial score (nSPS) is 11.4. The molecule has 4 heteroatoms. The van der Waals surface area contributed by atoms with Crippen LogP contribution in [0.15, 0.2) is 23.0 Å². The maximum Gasteiger partial charge on any atom is 0.272 e. The van der Waals surface area contributed by atoms with Crippen LogP contribution in [0.2, 0.25) is 5.02 Å². The molecule has 1 N–H and O–H groups in total. The van der Waals surface area contributed by atoms with E-state index in [4.69, 9.17) is 11.6 Å². The topological polar surface area (TPSA) is 37.8 Å². The Balaban J connectivity index is 2.93. The zero-order chi connectivity index (χ0) is 10.3. The molecule has 0 bridgehead atoms. The van der Waals surface area contributed by atoms with Crippen LogP contribution in [0.3, 0.4) is 0 Å². The van der Waals surface area contributed by atoms with Gasteiger partial charge in [0.2, 0.25) is 0 Å². The van der Waals surface area contributed by atoms with Crippen molar-refractivity contribution in [1.29, 1.82) is 0 Å². The molecule has 1 aromatic heterocycles. The number of halogens is 1. The molecule has 0 aliphatic rings. The van der Waals surface area contributed by atoms with Gasteiger partial charge >= 0.3 is 0 Å². The van der Waals surface area contributed by atoms with Crippen LogP contribution >= 0.6 is 11.6 Å². The molecular weight excluding hydrogens is 200 g/mol. The van der Waals surface area contributed by atoms with Crippen LogP contribution in [-0.2, 0) is 0 Å². The van der Waals surface area contributed by atoms with Crippen molar-refractivity contribution in [2.75, 3.05) is 0 Å². The second-order valence-corrected chi connectivity index (χ2v) is 3.95. The Kier molecular flexibility index (Phi) is 2.11. The van der Waals surface area contributed by atoms with Gasteiger partial charge in [-0.15, -0.1) is 0 Å². The van der Waals surface area contributed by atoms with Crippen LogP contribution in [0.5, 0.6) is 0 Å². The largest absolute Gasteiger partial charge is 0.280 e. The number of aromatic amines is 1. The third kappa shape index (κ3) is 1.24. The van der Waals surface area contributed by atoms with E-state index in [1.54, 1.807) is 22.9 Å². The van der Waals surface area contributed by atoms with Crippen molar-refractivity contribution in [1.82, 2.24) is 9.78 Å².